The molecule has 0 fully saturated rings. The molecule has 4 heteroatoms. The Bertz CT molecular complexity index is 599. The molecule has 0 aliphatic carbocycles. The van der Waals surface area contributed by atoms with Gasteiger partial charge in [-0.05, 0) is 49.7 Å². The summed E-state index contributed by atoms with van der Waals surface area (Å²) in [5.41, 5.74) is 8.50. The highest BCUT2D eigenvalue weighted by Gasteiger charge is 2.07. The van der Waals surface area contributed by atoms with Crippen LogP contribution in [0.15, 0.2) is 36.4 Å². The minimum Gasteiger partial charge on any atom is -0.493 e. The van der Waals surface area contributed by atoms with Gasteiger partial charge in [-0.25, -0.2) is 0 Å². The topological polar surface area (TPSA) is 44.5 Å². The van der Waals surface area contributed by atoms with Crippen molar-refractivity contribution in [3.63, 3.8) is 0 Å². The summed E-state index contributed by atoms with van der Waals surface area (Å²) >= 11 is 6.11. The number of hydrogen-bond acceptors (Lipinski definition) is 3. The van der Waals surface area contributed by atoms with E-state index in [-0.39, 0.29) is 0 Å². The van der Waals surface area contributed by atoms with Gasteiger partial charge in [0.05, 0.1) is 11.6 Å². The fourth-order valence-electron chi connectivity index (χ4n) is 1.89. The molecule has 0 unspecified atom stereocenters. The Kier molecular flexibility index (Phi) is 4.74. The monoisotopic (exact) mass is 291 g/mol. The highest BCUT2D eigenvalue weighted by molar-refractivity contribution is 6.32. The molecule has 0 spiro atoms. The normalized spacial score (nSPS) is 10.3. The van der Waals surface area contributed by atoms with Crippen LogP contribution >= 0.6 is 11.6 Å². The molecule has 2 aromatic carbocycles. The first-order chi connectivity index (χ1) is 9.60. The minimum atomic E-state index is 0.365. The Morgan fingerprint density at radius 1 is 1.05 bits per heavy atom. The van der Waals surface area contributed by atoms with Gasteiger partial charge in [0.25, 0.3) is 0 Å². The predicted octanol–water partition coefficient (Wildman–Crippen LogP) is 4.21. The lowest BCUT2D eigenvalue weighted by Gasteiger charge is -2.13. The third-order valence-electron chi connectivity index (χ3n) is 2.85. The molecule has 2 N–H and O–H groups in total. The number of ether oxygens (including phenoxy) is 2. The van der Waals surface area contributed by atoms with Crippen LogP contribution in [-0.4, -0.2) is 6.61 Å². The van der Waals surface area contributed by atoms with E-state index >= 15 is 0 Å². The van der Waals surface area contributed by atoms with Gasteiger partial charge in [-0.1, -0.05) is 17.7 Å². The van der Waals surface area contributed by atoms with E-state index in [0.717, 1.165) is 16.9 Å². The second kappa shape index (κ2) is 6.53. The smallest absolute Gasteiger partial charge is 0.138 e. The lowest BCUT2D eigenvalue weighted by Crippen LogP contribution is -2.02. The molecule has 3 nitrogen and oxygen atoms in total. The molecule has 0 aromatic heterocycles. The Hall–Kier alpha value is -1.87. The van der Waals surface area contributed by atoms with Crippen LogP contribution < -0.4 is 15.2 Å². The van der Waals surface area contributed by atoms with Crippen molar-refractivity contribution in [2.75, 3.05) is 12.3 Å². The van der Waals surface area contributed by atoms with E-state index in [9.17, 15) is 0 Å². The highest BCUT2D eigenvalue weighted by Crippen LogP contribution is 2.28. The fraction of sp³-hybridized carbons (Fsp3) is 0.250. The first kappa shape index (κ1) is 14.5. The average molecular weight is 292 g/mol. The number of nitrogen functional groups attached to an aromatic ring is 1. The Morgan fingerprint density at radius 3 is 2.60 bits per heavy atom. The SMILES string of the molecule is CCOc1ccc(N)cc1COc1cc(C)ccc1Cl. The highest BCUT2D eigenvalue weighted by atomic mass is 35.5. The molecule has 0 aliphatic heterocycles. The molecule has 20 heavy (non-hydrogen) atoms. The van der Waals surface area contributed by atoms with Gasteiger partial charge in [-0.3, -0.25) is 0 Å². The predicted molar refractivity (Wildman–Crippen MR) is 82.5 cm³/mol. The van der Waals surface area contributed by atoms with Gasteiger partial charge >= 0.3 is 0 Å². The number of halogens is 1. The first-order valence-electron chi connectivity index (χ1n) is 6.50. The molecule has 2 rings (SSSR count). The zero-order valence-corrected chi connectivity index (χ0v) is 12.4. The van der Waals surface area contributed by atoms with E-state index in [0.29, 0.717) is 29.7 Å². The Morgan fingerprint density at radius 2 is 1.85 bits per heavy atom. The third-order valence-corrected chi connectivity index (χ3v) is 3.17. The number of aryl methyl sites for hydroxylation is 1. The van der Waals surface area contributed by atoms with Crippen LogP contribution in [0.3, 0.4) is 0 Å². The van der Waals surface area contributed by atoms with E-state index in [1.54, 1.807) is 0 Å². The van der Waals surface area contributed by atoms with Crippen LogP contribution in [0.1, 0.15) is 18.1 Å². The van der Waals surface area contributed by atoms with Crippen LogP contribution in [0, 0.1) is 6.92 Å². The molecular formula is C16H18ClNO2. The van der Waals surface area contributed by atoms with Crippen molar-refractivity contribution in [1.29, 1.82) is 0 Å². The Balaban J connectivity index is 2.17. The van der Waals surface area contributed by atoms with Crippen molar-refractivity contribution in [2.45, 2.75) is 20.5 Å². The van der Waals surface area contributed by atoms with Gasteiger partial charge in [0, 0.05) is 11.3 Å². The van der Waals surface area contributed by atoms with Crippen LogP contribution in [0.2, 0.25) is 5.02 Å². The van der Waals surface area contributed by atoms with Crippen LogP contribution in [0.5, 0.6) is 11.5 Å². The second-order valence-electron chi connectivity index (χ2n) is 4.52. The van der Waals surface area contributed by atoms with Gasteiger partial charge < -0.3 is 15.2 Å². The van der Waals surface area contributed by atoms with Crippen molar-refractivity contribution < 1.29 is 9.47 Å². The maximum Gasteiger partial charge on any atom is 0.138 e. The molecular weight excluding hydrogens is 274 g/mol. The van der Waals surface area contributed by atoms with E-state index in [4.69, 9.17) is 26.8 Å². The van der Waals surface area contributed by atoms with E-state index < -0.39 is 0 Å². The molecule has 0 heterocycles. The third kappa shape index (κ3) is 3.58. The first-order valence-corrected chi connectivity index (χ1v) is 6.88. The van der Waals surface area contributed by atoms with Crippen LogP contribution in [0.4, 0.5) is 5.69 Å². The van der Waals surface area contributed by atoms with Crippen molar-refractivity contribution >= 4 is 17.3 Å². The molecule has 2 aromatic rings. The zero-order valence-electron chi connectivity index (χ0n) is 11.7. The number of nitrogens with two attached hydrogens (primary N) is 1. The summed E-state index contributed by atoms with van der Waals surface area (Å²) in [7, 11) is 0. The Labute approximate surface area is 124 Å². The molecule has 0 aliphatic rings. The molecule has 0 amide bonds. The summed E-state index contributed by atoms with van der Waals surface area (Å²) < 4.78 is 11.3. The molecule has 0 saturated carbocycles. The second-order valence-corrected chi connectivity index (χ2v) is 4.93. The summed E-state index contributed by atoms with van der Waals surface area (Å²) in [6.07, 6.45) is 0. The van der Waals surface area contributed by atoms with E-state index in [1.165, 1.54) is 0 Å². The molecule has 0 saturated heterocycles. The average Bonchev–Trinajstić information content (AvgIpc) is 2.42. The van der Waals surface area contributed by atoms with Gasteiger partial charge in [-0.15, -0.1) is 0 Å². The number of benzene rings is 2. The van der Waals surface area contributed by atoms with Gasteiger partial charge in [0.15, 0.2) is 0 Å². The summed E-state index contributed by atoms with van der Waals surface area (Å²) in [6.45, 7) is 4.90. The summed E-state index contributed by atoms with van der Waals surface area (Å²) in [5, 5.41) is 0.595. The number of rotatable bonds is 5. The van der Waals surface area contributed by atoms with Crippen LogP contribution in [-0.2, 0) is 6.61 Å². The van der Waals surface area contributed by atoms with Gasteiger partial charge in [-0.2, -0.15) is 0 Å². The number of hydrogen-bond donors (Lipinski definition) is 1. The van der Waals surface area contributed by atoms with Crippen molar-refractivity contribution in [2.24, 2.45) is 0 Å². The largest absolute Gasteiger partial charge is 0.493 e. The van der Waals surface area contributed by atoms with Crippen molar-refractivity contribution in [3.05, 3.63) is 52.5 Å². The van der Waals surface area contributed by atoms with E-state index in [1.807, 2.05) is 50.2 Å². The maximum absolute atomic E-state index is 6.11. The molecule has 0 bridgehead atoms. The van der Waals surface area contributed by atoms with Crippen molar-refractivity contribution in [3.8, 4) is 11.5 Å². The lowest BCUT2D eigenvalue weighted by atomic mass is 10.2. The molecule has 0 atom stereocenters. The molecule has 0 radical (unpaired) electrons. The zero-order chi connectivity index (χ0) is 14.5. The maximum atomic E-state index is 6.11. The van der Waals surface area contributed by atoms with Crippen LogP contribution in [0.25, 0.3) is 0 Å². The summed E-state index contributed by atoms with van der Waals surface area (Å²) in [5.74, 6) is 1.45. The number of anilines is 1. The quantitative estimate of drug-likeness (QED) is 0.839. The van der Waals surface area contributed by atoms with Gasteiger partial charge in [0.2, 0.25) is 0 Å². The summed E-state index contributed by atoms with van der Waals surface area (Å²) in [6, 6.07) is 11.2. The fourth-order valence-corrected chi connectivity index (χ4v) is 2.06. The lowest BCUT2D eigenvalue weighted by molar-refractivity contribution is 0.286. The molecule has 106 valence electrons. The van der Waals surface area contributed by atoms with Gasteiger partial charge in [0.1, 0.15) is 18.1 Å². The summed E-state index contributed by atoms with van der Waals surface area (Å²) in [4.78, 5) is 0. The standard InChI is InChI=1S/C16H18ClNO2/c1-3-19-15-7-5-13(18)9-12(15)10-20-16-8-11(2)4-6-14(16)17/h4-9H,3,10,18H2,1-2H3. The minimum absolute atomic E-state index is 0.365. The van der Waals surface area contributed by atoms with E-state index in [2.05, 4.69) is 0 Å². The van der Waals surface area contributed by atoms with Crippen molar-refractivity contribution in [1.82, 2.24) is 0 Å².